The fraction of sp³-hybridized carbons (Fsp3) is 0.667. The zero-order valence-electron chi connectivity index (χ0n) is 15.7. The Bertz CT molecular complexity index is 525. The topological polar surface area (TPSA) is 26.8 Å². The van der Waals surface area contributed by atoms with Crippen LogP contribution >= 0.6 is 0 Å². The monoisotopic (exact) mass is 343 g/mol. The molecule has 2 heterocycles. The van der Waals surface area contributed by atoms with E-state index in [2.05, 4.69) is 52.1 Å². The maximum atomic E-state index is 12.4. The summed E-state index contributed by atoms with van der Waals surface area (Å²) in [5.41, 5.74) is 1.43. The second kappa shape index (κ2) is 9.35. The van der Waals surface area contributed by atoms with Crippen LogP contribution in [0.5, 0.6) is 0 Å². The van der Waals surface area contributed by atoms with E-state index in [0.29, 0.717) is 11.8 Å². The van der Waals surface area contributed by atoms with Crippen LogP contribution in [0.25, 0.3) is 0 Å². The highest BCUT2D eigenvalue weighted by molar-refractivity contribution is 5.76. The van der Waals surface area contributed by atoms with E-state index in [9.17, 15) is 4.79 Å². The van der Waals surface area contributed by atoms with Crippen LogP contribution in [0.15, 0.2) is 30.3 Å². The standard InChI is InChI=1S/C21H33N3O/c1-22-14-16-24(17-15-22)21(25)10-9-20-8-5-12-23(18-20)13-11-19-6-3-2-4-7-19/h2-4,6-7,20H,5,8-18H2,1H3. The zero-order chi connectivity index (χ0) is 17.5. The van der Waals surface area contributed by atoms with E-state index < -0.39 is 0 Å². The average molecular weight is 344 g/mol. The van der Waals surface area contributed by atoms with Crippen molar-refractivity contribution in [1.29, 1.82) is 0 Å². The maximum Gasteiger partial charge on any atom is 0.222 e. The first kappa shape index (κ1) is 18.4. The van der Waals surface area contributed by atoms with Crippen molar-refractivity contribution in [2.45, 2.75) is 32.1 Å². The van der Waals surface area contributed by atoms with Crippen LogP contribution in [0.1, 0.15) is 31.2 Å². The molecule has 1 amide bonds. The van der Waals surface area contributed by atoms with Gasteiger partial charge < -0.3 is 14.7 Å². The molecule has 25 heavy (non-hydrogen) atoms. The third kappa shape index (κ3) is 5.82. The number of nitrogens with zero attached hydrogens (tertiary/aromatic N) is 3. The quantitative estimate of drug-likeness (QED) is 0.794. The van der Waals surface area contributed by atoms with Gasteiger partial charge in [0, 0.05) is 45.7 Å². The zero-order valence-corrected chi connectivity index (χ0v) is 15.7. The average Bonchev–Trinajstić information content (AvgIpc) is 2.66. The van der Waals surface area contributed by atoms with Crippen molar-refractivity contribution in [3.63, 3.8) is 0 Å². The number of rotatable bonds is 6. The molecule has 0 bridgehead atoms. The van der Waals surface area contributed by atoms with E-state index >= 15 is 0 Å². The minimum Gasteiger partial charge on any atom is -0.340 e. The maximum absolute atomic E-state index is 12.4. The van der Waals surface area contributed by atoms with E-state index in [1.54, 1.807) is 0 Å². The lowest BCUT2D eigenvalue weighted by Gasteiger charge is -2.34. The van der Waals surface area contributed by atoms with Crippen LogP contribution in [0, 0.1) is 5.92 Å². The van der Waals surface area contributed by atoms with Crippen LogP contribution < -0.4 is 0 Å². The third-order valence-corrected chi connectivity index (χ3v) is 5.79. The van der Waals surface area contributed by atoms with Crippen molar-refractivity contribution in [2.24, 2.45) is 5.92 Å². The lowest BCUT2D eigenvalue weighted by molar-refractivity contribution is -0.133. The van der Waals surface area contributed by atoms with Gasteiger partial charge in [0.2, 0.25) is 5.91 Å². The Labute approximate surface area is 152 Å². The molecule has 138 valence electrons. The van der Waals surface area contributed by atoms with Gasteiger partial charge >= 0.3 is 0 Å². The van der Waals surface area contributed by atoms with E-state index in [1.807, 2.05) is 0 Å². The number of amides is 1. The van der Waals surface area contributed by atoms with Gasteiger partial charge in [-0.1, -0.05) is 30.3 Å². The number of likely N-dealkylation sites (tertiary alicyclic amines) is 1. The molecule has 4 nitrogen and oxygen atoms in total. The molecule has 1 aromatic carbocycles. The Hall–Kier alpha value is -1.39. The summed E-state index contributed by atoms with van der Waals surface area (Å²) in [7, 11) is 2.13. The minimum atomic E-state index is 0.370. The molecule has 0 radical (unpaired) electrons. The largest absolute Gasteiger partial charge is 0.340 e. The van der Waals surface area contributed by atoms with Gasteiger partial charge in [0.05, 0.1) is 0 Å². The highest BCUT2D eigenvalue weighted by Crippen LogP contribution is 2.22. The Kier molecular flexibility index (Phi) is 6.88. The molecular formula is C21H33N3O. The first-order chi connectivity index (χ1) is 12.2. The molecule has 1 aromatic rings. The molecular weight excluding hydrogens is 310 g/mol. The summed E-state index contributed by atoms with van der Waals surface area (Å²) in [5.74, 6) is 1.07. The third-order valence-electron chi connectivity index (χ3n) is 5.79. The molecule has 0 aromatic heterocycles. The number of hydrogen-bond donors (Lipinski definition) is 0. The van der Waals surface area contributed by atoms with Crippen LogP contribution in [-0.4, -0.2) is 73.5 Å². The summed E-state index contributed by atoms with van der Waals surface area (Å²) in [4.78, 5) is 19.4. The molecule has 0 spiro atoms. The summed E-state index contributed by atoms with van der Waals surface area (Å²) in [6.07, 6.45) is 5.50. The van der Waals surface area contributed by atoms with Gasteiger partial charge in [-0.05, 0) is 50.8 Å². The molecule has 1 atom stereocenters. The van der Waals surface area contributed by atoms with Gasteiger partial charge in [0.1, 0.15) is 0 Å². The molecule has 0 saturated carbocycles. The van der Waals surface area contributed by atoms with Gasteiger partial charge in [-0.15, -0.1) is 0 Å². The van der Waals surface area contributed by atoms with Crippen molar-refractivity contribution in [3.8, 4) is 0 Å². The van der Waals surface area contributed by atoms with E-state index in [4.69, 9.17) is 0 Å². The number of piperidine rings is 1. The summed E-state index contributed by atoms with van der Waals surface area (Å²) in [6, 6.07) is 10.8. The van der Waals surface area contributed by atoms with E-state index in [1.165, 1.54) is 31.5 Å². The predicted octanol–water partition coefficient (Wildman–Crippen LogP) is 2.50. The van der Waals surface area contributed by atoms with Crippen LogP contribution in [0.2, 0.25) is 0 Å². The van der Waals surface area contributed by atoms with Gasteiger partial charge in [-0.3, -0.25) is 4.79 Å². The normalized spacial score (nSPS) is 22.9. The van der Waals surface area contributed by atoms with Crippen LogP contribution in [0.3, 0.4) is 0 Å². The first-order valence-electron chi connectivity index (χ1n) is 9.93. The molecule has 2 aliphatic rings. The summed E-state index contributed by atoms with van der Waals surface area (Å²) < 4.78 is 0. The number of hydrogen-bond acceptors (Lipinski definition) is 3. The van der Waals surface area contributed by atoms with E-state index in [-0.39, 0.29) is 0 Å². The van der Waals surface area contributed by atoms with Crippen LogP contribution in [-0.2, 0) is 11.2 Å². The summed E-state index contributed by atoms with van der Waals surface area (Å²) in [6.45, 7) is 7.38. The van der Waals surface area contributed by atoms with Gasteiger partial charge in [-0.25, -0.2) is 0 Å². The van der Waals surface area contributed by atoms with Gasteiger partial charge in [0.25, 0.3) is 0 Å². The SMILES string of the molecule is CN1CCN(C(=O)CCC2CCCN(CCc3ccccc3)C2)CC1. The highest BCUT2D eigenvalue weighted by Gasteiger charge is 2.23. The molecule has 1 unspecified atom stereocenters. The van der Waals surface area contributed by atoms with Crippen LogP contribution in [0.4, 0.5) is 0 Å². The molecule has 2 aliphatic heterocycles. The molecule has 4 heteroatoms. The molecule has 0 aliphatic carbocycles. The number of carbonyl (C=O) groups is 1. The Balaban J connectivity index is 1.37. The Morgan fingerprint density at radius 3 is 2.60 bits per heavy atom. The van der Waals surface area contributed by atoms with Gasteiger partial charge in [-0.2, -0.15) is 0 Å². The Morgan fingerprint density at radius 1 is 1.08 bits per heavy atom. The smallest absolute Gasteiger partial charge is 0.222 e. The fourth-order valence-corrected chi connectivity index (χ4v) is 4.06. The minimum absolute atomic E-state index is 0.370. The van der Waals surface area contributed by atoms with Crippen molar-refractivity contribution >= 4 is 5.91 Å². The predicted molar refractivity (Wildman–Crippen MR) is 103 cm³/mol. The molecule has 0 N–H and O–H groups in total. The lowest BCUT2D eigenvalue weighted by atomic mass is 9.93. The Morgan fingerprint density at radius 2 is 1.84 bits per heavy atom. The highest BCUT2D eigenvalue weighted by atomic mass is 16.2. The van der Waals surface area contributed by atoms with Crippen molar-refractivity contribution in [2.75, 3.05) is 52.9 Å². The van der Waals surface area contributed by atoms with E-state index in [0.717, 1.165) is 52.0 Å². The first-order valence-corrected chi connectivity index (χ1v) is 9.93. The van der Waals surface area contributed by atoms with Gasteiger partial charge in [0.15, 0.2) is 0 Å². The summed E-state index contributed by atoms with van der Waals surface area (Å²) in [5, 5.41) is 0. The molecule has 3 rings (SSSR count). The van der Waals surface area contributed by atoms with Crippen molar-refractivity contribution < 1.29 is 4.79 Å². The fourth-order valence-electron chi connectivity index (χ4n) is 4.06. The second-order valence-electron chi connectivity index (χ2n) is 7.77. The number of piperazine rings is 1. The second-order valence-corrected chi connectivity index (χ2v) is 7.77. The van der Waals surface area contributed by atoms with Crippen molar-refractivity contribution in [1.82, 2.24) is 14.7 Å². The number of carbonyl (C=O) groups excluding carboxylic acids is 1. The number of likely N-dealkylation sites (N-methyl/N-ethyl adjacent to an activating group) is 1. The number of benzene rings is 1. The molecule has 2 fully saturated rings. The summed E-state index contributed by atoms with van der Waals surface area (Å²) >= 11 is 0. The lowest BCUT2D eigenvalue weighted by Crippen LogP contribution is -2.47. The van der Waals surface area contributed by atoms with Crippen molar-refractivity contribution in [3.05, 3.63) is 35.9 Å². The molecule has 2 saturated heterocycles.